The Kier molecular flexibility index (Phi) is 6.13. The molecule has 2 aromatic rings. The molecule has 1 aromatic carbocycles. The molecule has 0 N–H and O–H groups in total. The summed E-state index contributed by atoms with van der Waals surface area (Å²) < 4.78 is 10.5. The lowest BCUT2D eigenvalue weighted by Gasteiger charge is -2.26. The Morgan fingerprint density at radius 3 is 2.61 bits per heavy atom. The van der Waals surface area contributed by atoms with Gasteiger partial charge in [0.05, 0.1) is 18.7 Å². The Hall–Kier alpha value is -3.09. The number of hydrogen-bond donors (Lipinski definition) is 0. The molecule has 1 aliphatic rings. The first-order valence-electron chi connectivity index (χ1n) is 9.29. The summed E-state index contributed by atoms with van der Waals surface area (Å²) >= 11 is 0. The van der Waals surface area contributed by atoms with E-state index in [9.17, 15) is 14.4 Å². The van der Waals surface area contributed by atoms with Gasteiger partial charge >= 0.3 is 5.97 Å². The number of anilines is 1. The predicted molar refractivity (Wildman–Crippen MR) is 102 cm³/mol. The van der Waals surface area contributed by atoms with Crippen LogP contribution in [0.3, 0.4) is 0 Å². The first-order chi connectivity index (χ1) is 13.5. The third-order valence-corrected chi connectivity index (χ3v) is 4.63. The number of carbonyl (C=O) groups is 3. The molecule has 1 fully saturated rings. The molecule has 1 saturated heterocycles. The molecule has 1 aromatic heterocycles. The van der Waals surface area contributed by atoms with Crippen molar-refractivity contribution in [1.82, 2.24) is 4.90 Å². The second-order valence-corrected chi connectivity index (χ2v) is 7.06. The van der Waals surface area contributed by atoms with Gasteiger partial charge in [-0.2, -0.15) is 0 Å². The van der Waals surface area contributed by atoms with E-state index in [4.69, 9.17) is 9.15 Å². The van der Waals surface area contributed by atoms with E-state index in [1.165, 1.54) is 0 Å². The first-order valence-corrected chi connectivity index (χ1v) is 9.29. The Morgan fingerprint density at radius 2 is 1.96 bits per heavy atom. The lowest BCUT2D eigenvalue weighted by Crippen LogP contribution is -2.40. The molecule has 0 saturated carbocycles. The topological polar surface area (TPSA) is 80.1 Å². The van der Waals surface area contributed by atoms with Crippen molar-refractivity contribution in [3.63, 3.8) is 0 Å². The Balaban J connectivity index is 1.54. The van der Waals surface area contributed by atoms with E-state index < -0.39 is 11.9 Å². The average Bonchev–Trinajstić information content (AvgIpc) is 3.31. The van der Waals surface area contributed by atoms with Crippen LogP contribution in [0, 0.1) is 5.92 Å². The molecule has 1 aliphatic heterocycles. The molecule has 0 radical (unpaired) electrons. The van der Waals surface area contributed by atoms with E-state index in [1.54, 1.807) is 28.2 Å². The van der Waals surface area contributed by atoms with E-state index in [2.05, 4.69) is 0 Å². The molecular weight excluding hydrogens is 360 g/mol. The smallest absolute Gasteiger partial charge is 0.311 e. The van der Waals surface area contributed by atoms with E-state index in [0.29, 0.717) is 12.3 Å². The fourth-order valence-electron chi connectivity index (χ4n) is 3.31. The predicted octanol–water partition coefficient (Wildman–Crippen LogP) is 2.61. The van der Waals surface area contributed by atoms with Crippen LogP contribution in [0.4, 0.5) is 5.69 Å². The van der Waals surface area contributed by atoms with E-state index in [-0.39, 0.29) is 37.4 Å². The third kappa shape index (κ3) is 4.60. The molecule has 7 heteroatoms. The van der Waals surface area contributed by atoms with Crippen molar-refractivity contribution in [3.05, 3.63) is 54.5 Å². The molecule has 7 nitrogen and oxygen atoms in total. The van der Waals surface area contributed by atoms with Crippen LogP contribution >= 0.6 is 0 Å². The quantitative estimate of drug-likeness (QED) is 0.686. The molecule has 148 valence electrons. The fraction of sp³-hybridized carbons (Fsp3) is 0.381. The maximum Gasteiger partial charge on any atom is 0.311 e. The van der Waals surface area contributed by atoms with Gasteiger partial charge in [-0.1, -0.05) is 18.2 Å². The Labute approximate surface area is 163 Å². The zero-order chi connectivity index (χ0) is 20.1. The number of amides is 2. The van der Waals surface area contributed by atoms with Crippen molar-refractivity contribution in [2.75, 3.05) is 18.1 Å². The van der Waals surface area contributed by atoms with Crippen molar-refractivity contribution in [1.29, 1.82) is 0 Å². The number of carbonyl (C=O) groups excluding carboxylic acids is 3. The summed E-state index contributed by atoms with van der Waals surface area (Å²) in [7, 11) is 0. The monoisotopic (exact) mass is 384 g/mol. The van der Waals surface area contributed by atoms with Gasteiger partial charge in [-0.25, -0.2) is 0 Å². The minimum atomic E-state index is -0.570. The summed E-state index contributed by atoms with van der Waals surface area (Å²) in [6.45, 7) is 4.03. The third-order valence-electron chi connectivity index (χ3n) is 4.63. The normalized spacial score (nSPS) is 16.5. The standard InChI is InChI=1S/C21H24N2O5/c1-15(2)23(17-7-4-3-5-8-17)20(25)14-28-21(26)16-11-19(24)22(12-16)13-18-9-6-10-27-18/h3-10,15-16H,11-14H2,1-2H3/t16-/m1/s1. The molecule has 0 bridgehead atoms. The highest BCUT2D eigenvalue weighted by Crippen LogP contribution is 2.22. The summed E-state index contributed by atoms with van der Waals surface area (Å²) in [5.74, 6) is -0.864. The van der Waals surface area contributed by atoms with Crippen LogP contribution in [0.2, 0.25) is 0 Å². The maximum absolute atomic E-state index is 12.6. The van der Waals surface area contributed by atoms with E-state index in [0.717, 1.165) is 5.69 Å². The largest absolute Gasteiger partial charge is 0.467 e. The van der Waals surface area contributed by atoms with Gasteiger partial charge in [0.15, 0.2) is 6.61 Å². The number of esters is 1. The molecule has 0 aliphatic carbocycles. The molecule has 2 heterocycles. The lowest BCUT2D eigenvalue weighted by atomic mass is 10.1. The van der Waals surface area contributed by atoms with Crippen LogP contribution in [-0.2, 0) is 25.7 Å². The van der Waals surface area contributed by atoms with Crippen molar-refractivity contribution in [2.45, 2.75) is 32.9 Å². The number of nitrogens with zero attached hydrogens (tertiary/aromatic N) is 2. The highest BCUT2D eigenvalue weighted by atomic mass is 16.5. The summed E-state index contributed by atoms with van der Waals surface area (Å²) in [6.07, 6.45) is 1.63. The Bertz CT molecular complexity index is 817. The van der Waals surface area contributed by atoms with Crippen LogP contribution < -0.4 is 4.90 Å². The lowest BCUT2D eigenvalue weighted by molar-refractivity contribution is -0.151. The zero-order valence-electron chi connectivity index (χ0n) is 16.0. The number of hydrogen-bond acceptors (Lipinski definition) is 5. The Morgan fingerprint density at radius 1 is 1.21 bits per heavy atom. The van der Waals surface area contributed by atoms with Crippen LogP contribution in [-0.4, -0.2) is 41.9 Å². The van der Waals surface area contributed by atoms with Crippen LogP contribution in [0.1, 0.15) is 26.0 Å². The van der Waals surface area contributed by atoms with Gasteiger partial charge in [0, 0.05) is 24.7 Å². The van der Waals surface area contributed by atoms with Gasteiger partial charge < -0.3 is 19.0 Å². The van der Waals surface area contributed by atoms with E-state index in [1.807, 2.05) is 44.2 Å². The van der Waals surface area contributed by atoms with E-state index >= 15 is 0 Å². The SMILES string of the molecule is CC(C)N(C(=O)COC(=O)[C@@H]1CC(=O)N(Cc2ccco2)C1)c1ccccc1. The minimum Gasteiger partial charge on any atom is -0.467 e. The first kappa shape index (κ1) is 19.7. The van der Waals surface area contributed by atoms with Gasteiger partial charge in [0.25, 0.3) is 5.91 Å². The molecule has 3 rings (SSSR count). The molecule has 1 atom stereocenters. The molecule has 0 unspecified atom stereocenters. The van der Waals surface area contributed by atoms with Crippen LogP contribution in [0.15, 0.2) is 53.1 Å². The summed E-state index contributed by atoms with van der Waals surface area (Å²) in [4.78, 5) is 40.3. The second-order valence-electron chi connectivity index (χ2n) is 7.06. The molecule has 2 amide bonds. The highest BCUT2D eigenvalue weighted by molar-refractivity contribution is 5.96. The van der Waals surface area contributed by atoms with Crippen LogP contribution in [0.5, 0.6) is 0 Å². The summed E-state index contributed by atoms with van der Waals surface area (Å²) in [6, 6.07) is 12.7. The zero-order valence-corrected chi connectivity index (χ0v) is 16.0. The molecule has 0 spiro atoms. The average molecular weight is 384 g/mol. The van der Waals surface area contributed by atoms with Gasteiger partial charge in [-0.3, -0.25) is 14.4 Å². The number of ether oxygens (including phenoxy) is 1. The summed E-state index contributed by atoms with van der Waals surface area (Å²) in [5, 5.41) is 0. The number of rotatable bonds is 7. The van der Waals surface area contributed by atoms with Crippen molar-refractivity contribution < 1.29 is 23.5 Å². The molecular formula is C21H24N2O5. The maximum atomic E-state index is 12.6. The summed E-state index contributed by atoms with van der Waals surface area (Å²) in [5.41, 5.74) is 0.749. The van der Waals surface area contributed by atoms with Gasteiger partial charge in [0.2, 0.25) is 5.91 Å². The van der Waals surface area contributed by atoms with Gasteiger partial charge in [-0.15, -0.1) is 0 Å². The van der Waals surface area contributed by atoms with Crippen LogP contribution in [0.25, 0.3) is 0 Å². The van der Waals surface area contributed by atoms with Crippen molar-refractivity contribution >= 4 is 23.5 Å². The van der Waals surface area contributed by atoms with Crippen molar-refractivity contribution in [2.24, 2.45) is 5.92 Å². The van der Waals surface area contributed by atoms with Gasteiger partial charge in [-0.05, 0) is 38.1 Å². The highest BCUT2D eigenvalue weighted by Gasteiger charge is 2.36. The second kappa shape index (κ2) is 8.73. The minimum absolute atomic E-state index is 0.0783. The number of para-hydroxylation sites is 1. The number of benzene rings is 1. The van der Waals surface area contributed by atoms with Gasteiger partial charge in [0.1, 0.15) is 5.76 Å². The number of furan rings is 1. The van der Waals surface area contributed by atoms with Crippen molar-refractivity contribution in [3.8, 4) is 0 Å². The number of likely N-dealkylation sites (tertiary alicyclic amines) is 1. The fourth-order valence-corrected chi connectivity index (χ4v) is 3.31. The molecule has 28 heavy (non-hydrogen) atoms.